The maximum atomic E-state index is 6.31. The number of hydrogen-bond donors (Lipinski definition) is 2. The number of nitrogens with two attached hydrogens (primary N) is 1. The Kier molecular flexibility index (Phi) is 4.74. The van der Waals surface area contributed by atoms with Crippen LogP contribution in [0.1, 0.15) is 29.5 Å². The molecule has 0 saturated heterocycles. The van der Waals surface area contributed by atoms with E-state index in [2.05, 4.69) is 49.2 Å². The van der Waals surface area contributed by atoms with Gasteiger partial charge >= 0.3 is 0 Å². The lowest BCUT2D eigenvalue weighted by atomic mass is 9.99. The van der Waals surface area contributed by atoms with Gasteiger partial charge in [-0.05, 0) is 68.5 Å². The number of fused-ring (bicyclic) bond motifs is 1. The van der Waals surface area contributed by atoms with Crippen molar-refractivity contribution < 1.29 is 0 Å². The van der Waals surface area contributed by atoms with E-state index in [9.17, 15) is 0 Å². The summed E-state index contributed by atoms with van der Waals surface area (Å²) in [6.45, 7) is 4.94. The highest BCUT2D eigenvalue weighted by Crippen LogP contribution is 2.35. The molecule has 3 heteroatoms. The maximum Gasteiger partial charge on any atom is 0.0506 e. The molecular formula is C20H23ClN2. The highest BCUT2D eigenvalue weighted by Gasteiger charge is 2.15. The largest absolute Gasteiger partial charge is 0.354 e. The summed E-state index contributed by atoms with van der Waals surface area (Å²) in [6, 6.07) is 12.8. The number of benzene rings is 2. The number of aromatic amines is 1. The smallest absolute Gasteiger partial charge is 0.0506 e. The van der Waals surface area contributed by atoms with Gasteiger partial charge in [0.2, 0.25) is 0 Å². The van der Waals surface area contributed by atoms with E-state index >= 15 is 0 Å². The predicted molar refractivity (Wildman–Crippen MR) is 100 cm³/mol. The normalized spacial score (nSPS) is 11.3. The molecule has 3 N–H and O–H groups in total. The highest BCUT2D eigenvalue weighted by atomic mass is 35.5. The van der Waals surface area contributed by atoms with Crippen LogP contribution in [0.5, 0.6) is 0 Å². The van der Waals surface area contributed by atoms with Gasteiger partial charge in [-0.25, -0.2) is 0 Å². The molecule has 0 aliphatic carbocycles. The van der Waals surface area contributed by atoms with E-state index in [-0.39, 0.29) is 0 Å². The summed E-state index contributed by atoms with van der Waals surface area (Å²) in [7, 11) is 0. The summed E-state index contributed by atoms with van der Waals surface area (Å²) in [5.74, 6) is 0. The molecule has 2 nitrogen and oxygen atoms in total. The van der Waals surface area contributed by atoms with Crippen molar-refractivity contribution in [3.05, 3.63) is 58.1 Å². The average Bonchev–Trinajstić information content (AvgIpc) is 2.91. The van der Waals surface area contributed by atoms with Gasteiger partial charge in [0.05, 0.1) is 5.52 Å². The number of rotatable bonds is 5. The second kappa shape index (κ2) is 6.77. The molecule has 0 unspecified atom stereocenters. The molecule has 0 saturated carbocycles. The highest BCUT2D eigenvalue weighted by molar-refractivity contribution is 6.32. The quantitative estimate of drug-likeness (QED) is 0.607. The molecule has 2 aromatic carbocycles. The number of nitrogens with one attached hydrogen (secondary N) is 1. The van der Waals surface area contributed by atoms with Crippen molar-refractivity contribution >= 4 is 22.5 Å². The van der Waals surface area contributed by atoms with Gasteiger partial charge in [0.25, 0.3) is 0 Å². The summed E-state index contributed by atoms with van der Waals surface area (Å²) in [4.78, 5) is 3.63. The molecule has 3 aromatic rings. The number of halogens is 1. The van der Waals surface area contributed by atoms with Crippen molar-refractivity contribution in [1.82, 2.24) is 4.98 Å². The first-order chi connectivity index (χ1) is 11.1. The molecule has 0 aliphatic rings. The van der Waals surface area contributed by atoms with Crippen LogP contribution in [0.25, 0.3) is 22.2 Å². The first-order valence-electron chi connectivity index (χ1n) is 8.18. The Labute approximate surface area is 142 Å². The number of aromatic nitrogens is 1. The summed E-state index contributed by atoms with van der Waals surface area (Å²) in [5.41, 5.74) is 13.0. The lowest BCUT2D eigenvalue weighted by molar-refractivity contribution is 0.748. The molecule has 0 spiro atoms. The molecule has 1 heterocycles. The van der Waals surface area contributed by atoms with E-state index in [0.717, 1.165) is 41.9 Å². The number of hydrogen-bond acceptors (Lipinski definition) is 1. The molecule has 0 radical (unpaired) electrons. The van der Waals surface area contributed by atoms with Crippen molar-refractivity contribution in [2.45, 2.75) is 33.1 Å². The molecule has 3 rings (SSSR count). The third-order valence-electron chi connectivity index (χ3n) is 4.46. The van der Waals surface area contributed by atoms with Crippen LogP contribution in [-0.2, 0) is 6.42 Å². The van der Waals surface area contributed by atoms with Gasteiger partial charge in [-0.2, -0.15) is 0 Å². The van der Waals surface area contributed by atoms with E-state index in [0.29, 0.717) is 0 Å². The standard InChI is InChI=1S/C20H23ClN2/c1-13-6-5-7-15(12-13)20-16(8-3-4-11-22)17-9-10-18(21)14(2)19(17)23-20/h5-7,9-10,12,23H,3-4,8,11,22H2,1-2H3. The van der Waals surface area contributed by atoms with E-state index in [1.165, 1.54) is 27.8 Å². The molecule has 0 atom stereocenters. The molecule has 0 aliphatic heterocycles. The lowest BCUT2D eigenvalue weighted by Gasteiger charge is -2.06. The number of unbranched alkanes of at least 4 members (excludes halogenated alkanes) is 1. The Hall–Kier alpha value is -1.77. The van der Waals surface area contributed by atoms with Crippen LogP contribution in [0.3, 0.4) is 0 Å². The topological polar surface area (TPSA) is 41.8 Å². The molecule has 0 fully saturated rings. The van der Waals surface area contributed by atoms with Crippen molar-refractivity contribution in [2.24, 2.45) is 5.73 Å². The van der Waals surface area contributed by atoms with Crippen LogP contribution in [0.2, 0.25) is 5.02 Å². The fourth-order valence-electron chi connectivity index (χ4n) is 3.19. The fraction of sp³-hybridized carbons (Fsp3) is 0.300. The molecule has 0 bridgehead atoms. The van der Waals surface area contributed by atoms with Gasteiger partial charge in [-0.15, -0.1) is 0 Å². The van der Waals surface area contributed by atoms with Crippen LogP contribution >= 0.6 is 11.6 Å². The minimum absolute atomic E-state index is 0.743. The zero-order valence-corrected chi connectivity index (χ0v) is 14.5. The number of H-pyrrole nitrogens is 1. The second-order valence-corrected chi connectivity index (χ2v) is 6.60. The Morgan fingerprint density at radius 1 is 1.09 bits per heavy atom. The van der Waals surface area contributed by atoms with Gasteiger partial charge in [0.1, 0.15) is 0 Å². The van der Waals surface area contributed by atoms with Crippen molar-refractivity contribution in [2.75, 3.05) is 6.54 Å². The van der Waals surface area contributed by atoms with E-state index in [4.69, 9.17) is 17.3 Å². The number of aryl methyl sites for hydroxylation is 3. The van der Waals surface area contributed by atoms with Crippen molar-refractivity contribution in [1.29, 1.82) is 0 Å². The molecular weight excluding hydrogens is 304 g/mol. The zero-order valence-electron chi connectivity index (χ0n) is 13.7. The minimum atomic E-state index is 0.743. The Bertz CT molecular complexity index is 833. The maximum absolute atomic E-state index is 6.31. The minimum Gasteiger partial charge on any atom is -0.354 e. The summed E-state index contributed by atoms with van der Waals surface area (Å²) in [6.07, 6.45) is 3.18. The van der Waals surface area contributed by atoms with Crippen LogP contribution in [0, 0.1) is 13.8 Å². The van der Waals surface area contributed by atoms with Crippen LogP contribution in [-0.4, -0.2) is 11.5 Å². The van der Waals surface area contributed by atoms with Crippen LogP contribution in [0.4, 0.5) is 0 Å². The lowest BCUT2D eigenvalue weighted by Crippen LogP contribution is -1.99. The summed E-state index contributed by atoms with van der Waals surface area (Å²) >= 11 is 6.31. The zero-order chi connectivity index (χ0) is 16.4. The van der Waals surface area contributed by atoms with Crippen molar-refractivity contribution in [3.8, 4) is 11.3 Å². The van der Waals surface area contributed by atoms with Crippen LogP contribution in [0.15, 0.2) is 36.4 Å². The average molecular weight is 327 g/mol. The van der Waals surface area contributed by atoms with Gasteiger partial charge < -0.3 is 10.7 Å². The SMILES string of the molecule is Cc1cccc(-c2[nH]c3c(C)c(Cl)ccc3c2CCCCN)c1. The third kappa shape index (κ3) is 3.15. The Balaban J connectivity index is 2.18. The first-order valence-corrected chi connectivity index (χ1v) is 8.56. The first kappa shape index (κ1) is 16.1. The van der Waals surface area contributed by atoms with Gasteiger partial charge in [0.15, 0.2) is 0 Å². The van der Waals surface area contributed by atoms with Crippen LogP contribution < -0.4 is 5.73 Å². The van der Waals surface area contributed by atoms with Crippen molar-refractivity contribution in [3.63, 3.8) is 0 Å². The van der Waals surface area contributed by atoms with Gasteiger partial charge in [0, 0.05) is 16.1 Å². The monoisotopic (exact) mass is 326 g/mol. The summed E-state index contributed by atoms with van der Waals surface area (Å²) < 4.78 is 0. The van der Waals surface area contributed by atoms with E-state index in [1.54, 1.807) is 0 Å². The molecule has 1 aromatic heterocycles. The third-order valence-corrected chi connectivity index (χ3v) is 4.87. The fourth-order valence-corrected chi connectivity index (χ4v) is 3.34. The molecule has 23 heavy (non-hydrogen) atoms. The Morgan fingerprint density at radius 3 is 2.65 bits per heavy atom. The van der Waals surface area contributed by atoms with E-state index in [1.807, 2.05) is 6.07 Å². The van der Waals surface area contributed by atoms with E-state index < -0.39 is 0 Å². The predicted octanol–water partition coefficient (Wildman–Crippen LogP) is 5.39. The second-order valence-electron chi connectivity index (χ2n) is 6.19. The van der Waals surface area contributed by atoms with Gasteiger partial charge in [-0.3, -0.25) is 0 Å². The summed E-state index contributed by atoms with van der Waals surface area (Å²) in [5, 5.41) is 2.09. The molecule has 0 amide bonds. The van der Waals surface area contributed by atoms with Gasteiger partial charge in [-0.1, -0.05) is 41.4 Å². The molecule has 120 valence electrons. The Morgan fingerprint density at radius 2 is 1.91 bits per heavy atom.